The first kappa shape index (κ1) is 31.1. The second-order valence-electron chi connectivity index (χ2n) is 10.4. The molecule has 0 bridgehead atoms. The summed E-state index contributed by atoms with van der Waals surface area (Å²) in [4.78, 5) is 24.2. The Morgan fingerprint density at radius 1 is 1.26 bits per heavy atom. The summed E-state index contributed by atoms with van der Waals surface area (Å²) in [7, 11) is 0. The standard InChI is InChI=1S/C31H36ClF2N7O/c1-4-22(36)8-5-7-20-13-25(29(34)26(32)14-20)28-15-21-17-41(31(42)40-30(21)39-28)23-9-10-24(27(33)16-23)18(2)37-11-6-12-38-19(3)35/h4,9-10,13-18,22,37H,1,5-8,11-12,36H2,2-3H3,(H2,35,38)(H,39,40,42). The summed E-state index contributed by atoms with van der Waals surface area (Å²) >= 11 is 6.22. The number of rotatable bonds is 13. The smallest absolute Gasteiger partial charge is 0.354 e. The number of benzene rings is 2. The third-order valence-corrected chi connectivity index (χ3v) is 7.34. The SMILES string of the molecule is C=CC(N)CCCc1cc(Cl)c(F)c(-c2cc3cn(-c4ccc(C(C)NCCCN=C(C)N)c(F)c4)c(=O)nc3[nH]2)c1. The predicted octanol–water partition coefficient (Wildman–Crippen LogP) is 5.57. The van der Waals surface area contributed by atoms with Crippen LogP contribution in [0, 0.1) is 11.6 Å². The molecule has 2 unspecified atom stereocenters. The summed E-state index contributed by atoms with van der Waals surface area (Å²) in [5.41, 5.74) is 13.5. The minimum Gasteiger partial charge on any atom is -0.388 e. The van der Waals surface area contributed by atoms with Gasteiger partial charge in [-0.1, -0.05) is 23.7 Å². The van der Waals surface area contributed by atoms with Crippen LogP contribution in [0.4, 0.5) is 8.78 Å². The highest BCUT2D eigenvalue weighted by Gasteiger charge is 2.17. The number of hydrogen-bond donors (Lipinski definition) is 4. The lowest BCUT2D eigenvalue weighted by Crippen LogP contribution is -2.23. The number of aliphatic imine (C=N–C) groups is 1. The molecule has 4 rings (SSSR count). The van der Waals surface area contributed by atoms with Crippen molar-refractivity contribution >= 4 is 28.5 Å². The van der Waals surface area contributed by atoms with Crippen LogP contribution >= 0.6 is 11.6 Å². The van der Waals surface area contributed by atoms with E-state index in [0.29, 0.717) is 47.7 Å². The zero-order valence-electron chi connectivity index (χ0n) is 23.8. The van der Waals surface area contributed by atoms with Gasteiger partial charge in [-0.05, 0) is 82.0 Å². The second-order valence-corrected chi connectivity index (χ2v) is 10.8. The molecule has 0 spiro atoms. The predicted molar refractivity (Wildman–Crippen MR) is 166 cm³/mol. The topological polar surface area (TPSA) is 127 Å². The third kappa shape index (κ3) is 7.50. The van der Waals surface area contributed by atoms with Crippen molar-refractivity contribution in [2.75, 3.05) is 13.1 Å². The van der Waals surface area contributed by atoms with Gasteiger partial charge in [0.05, 0.1) is 22.2 Å². The molecule has 0 saturated carbocycles. The highest BCUT2D eigenvalue weighted by Crippen LogP contribution is 2.31. The minimum absolute atomic E-state index is 0.000145. The van der Waals surface area contributed by atoms with Crippen LogP contribution in [0.25, 0.3) is 28.0 Å². The fourth-order valence-electron chi connectivity index (χ4n) is 4.75. The number of nitrogens with zero attached hydrogens (tertiary/aromatic N) is 3. The van der Waals surface area contributed by atoms with E-state index < -0.39 is 17.3 Å². The van der Waals surface area contributed by atoms with Crippen molar-refractivity contribution in [3.05, 3.63) is 93.5 Å². The third-order valence-electron chi connectivity index (χ3n) is 7.07. The maximum absolute atomic E-state index is 15.1. The number of hydrogen-bond acceptors (Lipinski definition) is 5. The Hall–Kier alpha value is -3.86. The molecule has 0 aliphatic heterocycles. The van der Waals surface area contributed by atoms with Crippen LogP contribution in [0.5, 0.6) is 0 Å². The number of nitrogens with one attached hydrogen (secondary N) is 2. The normalized spacial score (nSPS) is 13.4. The van der Waals surface area contributed by atoms with Gasteiger partial charge in [-0.25, -0.2) is 13.6 Å². The van der Waals surface area contributed by atoms with Gasteiger partial charge in [0.25, 0.3) is 0 Å². The van der Waals surface area contributed by atoms with E-state index >= 15 is 8.78 Å². The highest BCUT2D eigenvalue weighted by molar-refractivity contribution is 6.31. The molecule has 6 N–H and O–H groups in total. The number of aromatic nitrogens is 3. The molecule has 0 saturated heterocycles. The summed E-state index contributed by atoms with van der Waals surface area (Å²) in [6, 6.07) is 9.30. The highest BCUT2D eigenvalue weighted by atomic mass is 35.5. The molecule has 42 heavy (non-hydrogen) atoms. The van der Waals surface area contributed by atoms with Crippen LogP contribution < -0.4 is 22.5 Å². The van der Waals surface area contributed by atoms with Crippen LogP contribution in [0.3, 0.4) is 0 Å². The summed E-state index contributed by atoms with van der Waals surface area (Å²) in [5.74, 6) is -0.494. The molecule has 8 nitrogen and oxygen atoms in total. The van der Waals surface area contributed by atoms with E-state index in [1.807, 2.05) is 6.92 Å². The Bertz CT molecular complexity index is 1660. The number of aryl methyl sites for hydroxylation is 1. The first-order chi connectivity index (χ1) is 20.1. The van der Waals surface area contributed by atoms with Crippen molar-refractivity contribution in [2.24, 2.45) is 16.5 Å². The molecule has 0 aliphatic rings. The van der Waals surface area contributed by atoms with Gasteiger partial charge < -0.3 is 21.8 Å². The molecule has 4 aromatic rings. The maximum Gasteiger partial charge on any atom is 0.354 e. The average molecular weight is 596 g/mol. The summed E-state index contributed by atoms with van der Waals surface area (Å²) in [6.45, 7) is 8.54. The van der Waals surface area contributed by atoms with Gasteiger partial charge in [-0.3, -0.25) is 9.56 Å². The van der Waals surface area contributed by atoms with Gasteiger partial charge in [0.2, 0.25) is 0 Å². The van der Waals surface area contributed by atoms with E-state index in [-0.39, 0.29) is 28.3 Å². The molecular weight excluding hydrogens is 560 g/mol. The fraction of sp³-hybridized carbons (Fsp3) is 0.323. The van der Waals surface area contributed by atoms with E-state index in [9.17, 15) is 4.79 Å². The molecule has 2 atom stereocenters. The summed E-state index contributed by atoms with van der Waals surface area (Å²) < 4.78 is 31.5. The van der Waals surface area contributed by atoms with Gasteiger partial charge in [0.1, 0.15) is 11.5 Å². The number of halogens is 3. The van der Waals surface area contributed by atoms with Crippen molar-refractivity contribution in [2.45, 2.75) is 51.6 Å². The molecule has 2 aromatic heterocycles. The van der Waals surface area contributed by atoms with Crippen LogP contribution in [-0.4, -0.2) is 39.5 Å². The number of H-pyrrole nitrogens is 1. The van der Waals surface area contributed by atoms with Gasteiger partial charge in [-0.15, -0.1) is 6.58 Å². The zero-order valence-corrected chi connectivity index (χ0v) is 24.5. The number of amidine groups is 1. The van der Waals surface area contributed by atoms with Crippen LogP contribution in [0.1, 0.15) is 50.3 Å². The Kier molecular flexibility index (Phi) is 10.3. The van der Waals surface area contributed by atoms with E-state index in [1.54, 1.807) is 49.5 Å². The van der Waals surface area contributed by atoms with Crippen molar-refractivity contribution in [3.8, 4) is 16.9 Å². The molecule has 0 fully saturated rings. The van der Waals surface area contributed by atoms with Crippen LogP contribution in [0.2, 0.25) is 5.02 Å². The van der Waals surface area contributed by atoms with Gasteiger partial charge in [0.15, 0.2) is 5.82 Å². The molecule has 0 amide bonds. The average Bonchev–Trinajstić information content (AvgIpc) is 3.36. The molecule has 2 aromatic carbocycles. The van der Waals surface area contributed by atoms with Crippen molar-refractivity contribution < 1.29 is 8.78 Å². The lowest BCUT2D eigenvalue weighted by atomic mass is 10.0. The summed E-state index contributed by atoms with van der Waals surface area (Å²) in [6.07, 6.45) is 6.22. The minimum atomic E-state index is -0.601. The fourth-order valence-corrected chi connectivity index (χ4v) is 4.99. The zero-order chi connectivity index (χ0) is 30.4. The maximum atomic E-state index is 15.1. The first-order valence-electron chi connectivity index (χ1n) is 13.9. The lowest BCUT2D eigenvalue weighted by Gasteiger charge is -2.16. The molecule has 222 valence electrons. The van der Waals surface area contributed by atoms with E-state index in [2.05, 4.69) is 26.9 Å². The van der Waals surface area contributed by atoms with Gasteiger partial charge in [-0.2, -0.15) is 4.98 Å². The van der Waals surface area contributed by atoms with Crippen LogP contribution in [0.15, 0.2) is 65.0 Å². The second kappa shape index (κ2) is 13.9. The molecular formula is C31H36ClF2N7O. The molecule has 0 aliphatic carbocycles. The van der Waals surface area contributed by atoms with E-state index in [1.165, 1.54) is 10.6 Å². The monoisotopic (exact) mass is 595 g/mol. The number of aromatic amines is 1. The van der Waals surface area contributed by atoms with Crippen molar-refractivity contribution in [1.29, 1.82) is 0 Å². The first-order valence-corrected chi connectivity index (χ1v) is 14.2. The largest absolute Gasteiger partial charge is 0.388 e. The number of fused-ring (bicyclic) bond motifs is 1. The lowest BCUT2D eigenvalue weighted by molar-refractivity contribution is 0.523. The van der Waals surface area contributed by atoms with E-state index in [0.717, 1.165) is 24.8 Å². The Morgan fingerprint density at radius 3 is 2.76 bits per heavy atom. The Labute approximate surface area is 248 Å². The van der Waals surface area contributed by atoms with Gasteiger partial charge >= 0.3 is 5.69 Å². The van der Waals surface area contributed by atoms with Crippen molar-refractivity contribution in [3.63, 3.8) is 0 Å². The molecule has 11 heteroatoms. The molecule has 0 radical (unpaired) electrons. The van der Waals surface area contributed by atoms with E-state index in [4.69, 9.17) is 23.1 Å². The van der Waals surface area contributed by atoms with Crippen molar-refractivity contribution in [1.82, 2.24) is 19.9 Å². The quantitative estimate of drug-likeness (QED) is 0.0696. The van der Waals surface area contributed by atoms with Gasteiger partial charge in [0, 0.05) is 41.3 Å². The Morgan fingerprint density at radius 2 is 2.05 bits per heavy atom. The number of nitrogens with two attached hydrogens (primary N) is 2. The van der Waals surface area contributed by atoms with Crippen LogP contribution in [-0.2, 0) is 6.42 Å². The Balaban J connectivity index is 1.56. The molecule has 2 heterocycles. The summed E-state index contributed by atoms with van der Waals surface area (Å²) in [5, 5.41) is 3.83.